The summed E-state index contributed by atoms with van der Waals surface area (Å²) in [5, 5.41) is 5.55. The number of allylic oxidation sites excluding steroid dienone is 1. The fraction of sp³-hybridized carbons (Fsp3) is 0.421. The summed E-state index contributed by atoms with van der Waals surface area (Å²) in [5.41, 5.74) is 0.456. The fourth-order valence-electron chi connectivity index (χ4n) is 2.09. The molecule has 1 aliphatic rings. The van der Waals surface area contributed by atoms with Crippen molar-refractivity contribution < 1.29 is 23.9 Å². The molecule has 2 amide bonds. The summed E-state index contributed by atoms with van der Waals surface area (Å²) in [6.45, 7) is 2.87. The van der Waals surface area contributed by atoms with Gasteiger partial charge in [0.2, 0.25) is 5.91 Å². The van der Waals surface area contributed by atoms with Gasteiger partial charge < -0.3 is 20.1 Å². The summed E-state index contributed by atoms with van der Waals surface area (Å²) >= 11 is 0. The molecule has 1 fully saturated rings. The first-order chi connectivity index (χ1) is 12.6. The minimum Gasteiger partial charge on any atom is -0.434 e. The first-order valence-corrected chi connectivity index (χ1v) is 8.77. The minimum absolute atomic E-state index is 0.0968. The number of hydrogen-bond acceptors (Lipinski definition) is 5. The summed E-state index contributed by atoms with van der Waals surface area (Å²) in [6.07, 6.45) is 5.72. The molecule has 0 heterocycles. The van der Waals surface area contributed by atoms with Gasteiger partial charge in [-0.25, -0.2) is 4.79 Å². The number of carbonyl (C=O) groups is 3. The smallest absolute Gasteiger partial charge is 0.434 e. The van der Waals surface area contributed by atoms with Crippen LogP contribution in [0.25, 0.3) is 0 Å². The molecule has 0 aliphatic heterocycles. The Labute approximate surface area is 152 Å². The number of rotatable bonds is 9. The van der Waals surface area contributed by atoms with Gasteiger partial charge in [0.25, 0.3) is 5.91 Å². The molecule has 1 aromatic rings. The van der Waals surface area contributed by atoms with Gasteiger partial charge in [0.05, 0.1) is 6.61 Å². The number of amides is 2. The van der Waals surface area contributed by atoms with E-state index in [4.69, 9.17) is 4.74 Å². The van der Waals surface area contributed by atoms with E-state index in [1.54, 1.807) is 25.1 Å². The van der Waals surface area contributed by atoms with E-state index in [-0.39, 0.29) is 18.4 Å². The summed E-state index contributed by atoms with van der Waals surface area (Å²) in [5.74, 6) is 0.559. The van der Waals surface area contributed by atoms with Crippen LogP contribution in [-0.4, -0.2) is 37.7 Å². The van der Waals surface area contributed by atoms with Crippen molar-refractivity contribution in [2.24, 2.45) is 5.92 Å². The summed E-state index contributed by atoms with van der Waals surface area (Å²) in [7, 11) is 0. The molecule has 26 heavy (non-hydrogen) atoms. The van der Waals surface area contributed by atoms with Crippen molar-refractivity contribution in [3.8, 4) is 5.75 Å². The zero-order valence-electron chi connectivity index (χ0n) is 14.8. The van der Waals surface area contributed by atoms with E-state index < -0.39 is 6.16 Å². The van der Waals surface area contributed by atoms with Crippen LogP contribution in [0.15, 0.2) is 36.4 Å². The van der Waals surface area contributed by atoms with Crippen molar-refractivity contribution in [2.45, 2.75) is 26.2 Å². The number of carbonyl (C=O) groups excluding carboxylic acids is 3. The molecule has 1 aromatic carbocycles. The van der Waals surface area contributed by atoms with Gasteiger partial charge in [0, 0.05) is 18.7 Å². The van der Waals surface area contributed by atoms with Crippen LogP contribution in [0.5, 0.6) is 5.75 Å². The molecule has 2 rings (SSSR count). The van der Waals surface area contributed by atoms with Crippen molar-refractivity contribution in [3.63, 3.8) is 0 Å². The van der Waals surface area contributed by atoms with Crippen molar-refractivity contribution in [1.82, 2.24) is 10.6 Å². The molecule has 0 radical (unpaired) electrons. The quantitative estimate of drug-likeness (QED) is 0.305. The molecule has 0 saturated heterocycles. The summed E-state index contributed by atoms with van der Waals surface area (Å²) < 4.78 is 9.60. The molecule has 140 valence electrons. The zero-order valence-corrected chi connectivity index (χ0v) is 14.8. The molecule has 2 N–H and O–H groups in total. The third kappa shape index (κ3) is 7.38. The topological polar surface area (TPSA) is 93.7 Å². The van der Waals surface area contributed by atoms with Gasteiger partial charge in [-0.15, -0.1) is 0 Å². The Morgan fingerprint density at radius 1 is 1.12 bits per heavy atom. The Morgan fingerprint density at radius 3 is 2.46 bits per heavy atom. The van der Waals surface area contributed by atoms with Crippen LogP contribution in [0.3, 0.4) is 0 Å². The lowest BCUT2D eigenvalue weighted by Gasteiger charge is -2.07. The normalized spacial score (nSPS) is 13.3. The zero-order chi connectivity index (χ0) is 18.8. The third-order valence-corrected chi connectivity index (χ3v) is 3.66. The summed E-state index contributed by atoms with van der Waals surface area (Å²) in [6, 6.07) is 6.18. The van der Waals surface area contributed by atoms with E-state index in [1.807, 2.05) is 6.08 Å². The molecule has 0 unspecified atom stereocenters. The van der Waals surface area contributed by atoms with Gasteiger partial charge in [-0.05, 0) is 62.4 Å². The van der Waals surface area contributed by atoms with Gasteiger partial charge in [-0.3, -0.25) is 9.59 Å². The Kier molecular flexibility index (Phi) is 7.67. The predicted molar refractivity (Wildman–Crippen MR) is 95.9 cm³/mol. The Balaban J connectivity index is 1.62. The number of ether oxygens (including phenoxy) is 2. The molecular weight excluding hydrogens is 336 g/mol. The van der Waals surface area contributed by atoms with E-state index >= 15 is 0 Å². The molecule has 0 spiro atoms. The van der Waals surface area contributed by atoms with Gasteiger partial charge in [-0.1, -0.05) is 6.08 Å². The Bertz CT molecular complexity index is 650. The highest BCUT2D eigenvalue weighted by atomic mass is 16.7. The van der Waals surface area contributed by atoms with E-state index in [9.17, 15) is 14.4 Å². The molecule has 1 aliphatic carbocycles. The largest absolute Gasteiger partial charge is 0.513 e. The monoisotopic (exact) mass is 360 g/mol. The van der Waals surface area contributed by atoms with Crippen molar-refractivity contribution in [3.05, 3.63) is 42.0 Å². The number of nitrogens with one attached hydrogen (secondary N) is 2. The standard InChI is InChI=1S/C19H24N2O5/c1-2-25-19(24)26-16-9-7-15(8-10-16)18(23)21-13-3-12-20-17(22)11-6-14-4-5-14/h6-11,14H,2-5,12-13H2,1H3,(H,20,22)(H,21,23)/b11-6+. The van der Waals surface area contributed by atoms with Crippen LogP contribution < -0.4 is 15.4 Å². The van der Waals surface area contributed by atoms with Crippen LogP contribution in [0, 0.1) is 5.92 Å². The highest BCUT2D eigenvalue weighted by Crippen LogP contribution is 2.29. The molecule has 1 saturated carbocycles. The lowest BCUT2D eigenvalue weighted by Crippen LogP contribution is -2.29. The summed E-state index contributed by atoms with van der Waals surface area (Å²) in [4.78, 5) is 34.7. The van der Waals surface area contributed by atoms with E-state index in [0.717, 1.165) is 0 Å². The minimum atomic E-state index is -0.779. The number of hydrogen-bond donors (Lipinski definition) is 2. The highest BCUT2D eigenvalue weighted by molar-refractivity contribution is 5.94. The van der Waals surface area contributed by atoms with E-state index in [0.29, 0.717) is 36.7 Å². The SMILES string of the molecule is CCOC(=O)Oc1ccc(C(=O)NCCCNC(=O)/C=C/C2CC2)cc1. The van der Waals surface area contributed by atoms with E-state index in [1.165, 1.54) is 25.0 Å². The second-order valence-corrected chi connectivity index (χ2v) is 5.91. The third-order valence-electron chi connectivity index (χ3n) is 3.66. The average Bonchev–Trinajstić information content (AvgIpc) is 3.45. The van der Waals surface area contributed by atoms with Crippen LogP contribution in [0.4, 0.5) is 4.79 Å². The maximum Gasteiger partial charge on any atom is 0.513 e. The Morgan fingerprint density at radius 2 is 1.81 bits per heavy atom. The van der Waals surface area contributed by atoms with Crippen molar-refractivity contribution >= 4 is 18.0 Å². The fourth-order valence-corrected chi connectivity index (χ4v) is 2.09. The van der Waals surface area contributed by atoms with Crippen LogP contribution in [0.2, 0.25) is 0 Å². The van der Waals surface area contributed by atoms with Gasteiger partial charge >= 0.3 is 6.16 Å². The lowest BCUT2D eigenvalue weighted by atomic mass is 10.2. The molecule has 0 atom stereocenters. The lowest BCUT2D eigenvalue weighted by molar-refractivity contribution is -0.116. The molecular formula is C19H24N2O5. The van der Waals surface area contributed by atoms with Gasteiger partial charge in [0.1, 0.15) is 5.75 Å². The molecule has 0 bridgehead atoms. The van der Waals surface area contributed by atoms with Crippen LogP contribution in [-0.2, 0) is 9.53 Å². The van der Waals surface area contributed by atoms with Crippen LogP contribution in [0.1, 0.15) is 36.5 Å². The van der Waals surface area contributed by atoms with E-state index in [2.05, 4.69) is 15.4 Å². The van der Waals surface area contributed by atoms with Gasteiger partial charge in [-0.2, -0.15) is 0 Å². The second-order valence-electron chi connectivity index (χ2n) is 5.91. The van der Waals surface area contributed by atoms with Crippen LogP contribution >= 0.6 is 0 Å². The average molecular weight is 360 g/mol. The predicted octanol–water partition coefficient (Wildman–Crippen LogP) is 2.42. The highest BCUT2D eigenvalue weighted by Gasteiger charge is 2.17. The molecule has 7 nitrogen and oxygen atoms in total. The maximum absolute atomic E-state index is 12.0. The number of benzene rings is 1. The Hall–Kier alpha value is -2.83. The first-order valence-electron chi connectivity index (χ1n) is 8.77. The maximum atomic E-state index is 12.0. The first kappa shape index (κ1) is 19.5. The van der Waals surface area contributed by atoms with Crippen molar-refractivity contribution in [1.29, 1.82) is 0 Å². The molecule has 7 heteroatoms. The van der Waals surface area contributed by atoms with Gasteiger partial charge in [0.15, 0.2) is 0 Å². The molecule has 0 aromatic heterocycles. The second kappa shape index (κ2) is 10.2. The van der Waals surface area contributed by atoms with Crippen molar-refractivity contribution in [2.75, 3.05) is 19.7 Å².